The summed E-state index contributed by atoms with van der Waals surface area (Å²) in [6, 6.07) is 2.69. The van der Waals surface area contributed by atoms with Gasteiger partial charge in [-0.2, -0.15) is 0 Å². The highest BCUT2D eigenvalue weighted by Gasteiger charge is 2.15. The zero-order chi connectivity index (χ0) is 10.6. The molecule has 0 aromatic carbocycles. The Morgan fingerprint density at radius 1 is 1.43 bits per heavy atom. The molecule has 0 fully saturated rings. The summed E-state index contributed by atoms with van der Waals surface area (Å²) in [4.78, 5) is 0. The predicted octanol–water partition coefficient (Wildman–Crippen LogP) is 4.72. The molecule has 0 amide bonds. The molecule has 80 valence electrons. The third-order valence-corrected chi connectivity index (χ3v) is 4.47. The van der Waals surface area contributed by atoms with Gasteiger partial charge < -0.3 is 5.32 Å². The van der Waals surface area contributed by atoms with E-state index in [9.17, 15) is 0 Å². The van der Waals surface area contributed by atoms with Gasteiger partial charge in [0.25, 0.3) is 0 Å². The summed E-state index contributed by atoms with van der Waals surface area (Å²) < 4.78 is 2.43. The quantitative estimate of drug-likeness (QED) is 0.817. The van der Waals surface area contributed by atoms with Crippen LogP contribution in [0.1, 0.15) is 38.3 Å². The lowest BCUT2D eigenvalue weighted by Gasteiger charge is -2.16. The average molecular weight is 341 g/mol. The Hall–Kier alpha value is 0.620. The Kier molecular flexibility index (Phi) is 5.67. The maximum atomic E-state index is 3.61. The van der Waals surface area contributed by atoms with Gasteiger partial charge >= 0.3 is 0 Å². The average Bonchev–Trinajstić information content (AvgIpc) is 2.45. The second-order valence-electron chi connectivity index (χ2n) is 3.18. The van der Waals surface area contributed by atoms with Gasteiger partial charge in [-0.25, -0.2) is 0 Å². The number of thiophene rings is 1. The molecular weight excluding hydrogens is 326 g/mol. The van der Waals surface area contributed by atoms with E-state index in [2.05, 4.69) is 57.1 Å². The Labute approximate surface area is 107 Å². The predicted molar refractivity (Wildman–Crippen MR) is 71.0 cm³/mol. The zero-order valence-corrected chi connectivity index (χ0v) is 12.4. The van der Waals surface area contributed by atoms with Gasteiger partial charge in [-0.1, -0.05) is 20.3 Å². The normalized spacial score (nSPS) is 13.1. The second kappa shape index (κ2) is 6.26. The molecule has 0 aliphatic rings. The van der Waals surface area contributed by atoms with Crippen molar-refractivity contribution in [2.75, 3.05) is 6.54 Å². The SMILES string of the molecule is CCCC(NCC)c1cc(Br)sc1Br. The third-order valence-electron chi connectivity index (χ3n) is 2.09. The smallest absolute Gasteiger partial charge is 0.0758 e. The molecule has 0 saturated heterocycles. The van der Waals surface area contributed by atoms with Crippen molar-refractivity contribution >= 4 is 43.2 Å². The van der Waals surface area contributed by atoms with Gasteiger partial charge in [0.05, 0.1) is 7.57 Å². The molecule has 1 atom stereocenters. The van der Waals surface area contributed by atoms with Crippen molar-refractivity contribution < 1.29 is 0 Å². The van der Waals surface area contributed by atoms with Gasteiger partial charge in [0.1, 0.15) is 0 Å². The van der Waals surface area contributed by atoms with E-state index in [0.29, 0.717) is 6.04 Å². The van der Waals surface area contributed by atoms with E-state index in [4.69, 9.17) is 0 Å². The minimum atomic E-state index is 0.488. The molecule has 0 radical (unpaired) electrons. The molecule has 1 aromatic rings. The first-order valence-electron chi connectivity index (χ1n) is 4.87. The first-order valence-corrected chi connectivity index (χ1v) is 7.27. The van der Waals surface area contributed by atoms with E-state index in [1.165, 1.54) is 26.0 Å². The Morgan fingerprint density at radius 3 is 2.57 bits per heavy atom. The van der Waals surface area contributed by atoms with Gasteiger partial charge in [-0.15, -0.1) is 11.3 Å². The van der Waals surface area contributed by atoms with E-state index < -0.39 is 0 Å². The maximum absolute atomic E-state index is 3.61. The molecule has 0 aliphatic heterocycles. The standard InChI is InChI=1S/C10H15Br2NS/c1-3-5-8(13-4-2)7-6-9(11)14-10(7)12/h6,8,13H,3-5H2,1-2H3. The van der Waals surface area contributed by atoms with Crippen LogP contribution in [0.3, 0.4) is 0 Å². The number of hydrogen-bond donors (Lipinski definition) is 1. The monoisotopic (exact) mass is 339 g/mol. The Morgan fingerprint density at radius 2 is 2.14 bits per heavy atom. The summed E-state index contributed by atoms with van der Waals surface area (Å²) in [5, 5.41) is 3.51. The molecule has 0 spiro atoms. The zero-order valence-electron chi connectivity index (χ0n) is 8.44. The van der Waals surface area contributed by atoms with Crippen molar-refractivity contribution in [1.29, 1.82) is 0 Å². The van der Waals surface area contributed by atoms with Crippen molar-refractivity contribution in [3.8, 4) is 0 Å². The summed E-state index contributed by atoms with van der Waals surface area (Å²) in [6.07, 6.45) is 2.40. The summed E-state index contributed by atoms with van der Waals surface area (Å²) in [5.74, 6) is 0. The highest BCUT2D eigenvalue weighted by atomic mass is 79.9. The largest absolute Gasteiger partial charge is 0.310 e. The molecule has 0 aliphatic carbocycles. The summed E-state index contributed by atoms with van der Waals surface area (Å²) >= 11 is 8.86. The van der Waals surface area contributed by atoms with Crippen molar-refractivity contribution in [2.45, 2.75) is 32.7 Å². The van der Waals surface area contributed by atoms with Gasteiger partial charge in [-0.3, -0.25) is 0 Å². The first kappa shape index (κ1) is 12.7. The maximum Gasteiger partial charge on any atom is 0.0758 e. The van der Waals surface area contributed by atoms with Crippen molar-refractivity contribution in [2.24, 2.45) is 0 Å². The van der Waals surface area contributed by atoms with Crippen molar-refractivity contribution in [3.05, 3.63) is 19.2 Å². The van der Waals surface area contributed by atoms with Crippen LogP contribution in [0.2, 0.25) is 0 Å². The number of rotatable bonds is 5. The van der Waals surface area contributed by atoms with E-state index in [1.54, 1.807) is 11.3 Å². The Balaban J connectivity index is 2.80. The molecule has 1 rings (SSSR count). The molecule has 0 saturated carbocycles. The lowest BCUT2D eigenvalue weighted by molar-refractivity contribution is 0.509. The van der Waals surface area contributed by atoms with Crippen molar-refractivity contribution in [1.82, 2.24) is 5.32 Å². The third kappa shape index (κ3) is 3.33. The molecule has 1 aromatic heterocycles. The van der Waals surface area contributed by atoms with Gasteiger partial charge in [-0.05, 0) is 56.5 Å². The number of hydrogen-bond acceptors (Lipinski definition) is 2. The van der Waals surface area contributed by atoms with Crippen LogP contribution in [-0.4, -0.2) is 6.54 Å². The molecule has 1 nitrogen and oxygen atoms in total. The van der Waals surface area contributed by atoms with E-state index in [1.807, 2.05) is 0 Å². The first-order chi connectivity index (χ1) is 6.69. The number of nitrogens with one attached hydrogen (secondary N) is 1. The highest BCUT2D eigenvalue weighted by molar-refractivity contribution is 9.12. The van der Waals surface area contributed by atoms with Crippen molar-refractivity contribution in [3.63, 3.8) is 0 Å². The van der Waals surface area contributed by atoms with Crippen LogP contribution in [0.25, 0.3) is 0 Å². The molecule has 1 N–H and O–H groups in total. The fourth-order valence-corrected chi connectivity index (χ4v) is 4.47. The van der Waals surface area contributed by atoms with Crippen LogP contribution >= 0.6 is 43.2 Å². The van der Waals surface area contributed by atoms with E-state index in [0.717, 1.165) is 6.54 Å². The van der Waals surface area contributed by atoms with Gasteiger partial charge in [0.2, 0.25) is 0 Å². The molecule has 4 heteroatoms. The van der Waals surface area contributed by atoms with Gasteiger partial charge in [0.15, 0.2) is 0 Å². The van der Waals surface area contributed by atoms with Crippen LogP contribution in [-0.2, 0) is 0 Å². The lowest BCUT2D eigenvalue weighted by Crippen LogP contribution is -2.20. The highest BCUT2D eigenvalue weighted by Crippen LogP contribution is 2.36. The van der Waals surface area contributed by atoms with Crippen LogP contribution < -0.4 is 5.32 Å². The molecular formula is C10H15Br2NS. The van der Waals surface area contributed by atoms with Crippen LogP contribution in [0.4, 0.5) is 0 Å². The van der Waals surface area contributed by atoms with E-state index >= 15 is 0 Å². The fourth-order valence-electron chi connectivity index (χ4n) is 1.49. The van der Waals surface area contributed by atoms with Crippen LogP contribution in [0, 0.1) is 0 Å². The number of halogens is 2. The molecule has 14 heavy (non-hydrogen) atoms. The fraction of sp³-hybridized carbons (Fsp3) is 0.600. The molecule has 1 heterocycles. The second-order valence-corrected chi connectivity index (χ2v) is 6.93. The molecule has 0 bridgehead atoms. The van der Waals surface area contributed by atoms with Crippen LogP contribution in [0.5, 0.6) is 0 Å². The van der Waals surface area contributed by atoms with Gasteiger partial charge in [0, 0.05) is 6.04 Å². The summed E-state index contributed by atoms with van der Waals surface area (Å²) in [5.41, 5.74) is 1.38. The molecule has 1 unspecified atom stereocenters. The summed E-state index contributed by atoms with van der Waals surface area (Å²) in [6.45, 7) is 5.39. The minimum absolute atomic E-state index is 0.488. The van der Waals surface area contributed by atoms with Crippen LogP contribution in [0.15, 0.2) is 13.6 Å². The summed E-state index contributed by atoms with van der Waals surface area (Å²) in [7, 11) is 0. The minimum Gasteiger partial charge on any atom is -0.310 e. The van der Waals surface area contributed by atoms with E-state index in [-0.39, 0.29) is 0 Å². The topological polar surface area (TPSA) is 12.0 Å². The lowest BCUT2D eigenvalue weighted by atomic mass is 10.1. The Bertz CT molecular complexity index is 280.